The molecule has 0 aliphatic rings. The highest BCUT2D eigenvalue weighted by Gasteiger charge is 2.20. The van der Waals surface area contributed by atoms with E-state index in [9.17, 15) is 39.9 Å². The summed E-state index contributed by atoms with van der Waals surface area (Å²) in [5.74, 6) is -1.44. The molecule has 0 radical (unpaired) electrons. The highest BCUT2D eigenvalue weighted by atomic mass is 32.1. The van der Waals surface area contributed by atoms with Crippen LogP contribution in [0.1, 0.15) is 20.7 Å². The van der Waals surface area contributed by atoms with Gasteiger partial charge in [0.1, 0.15) is 5.01 Å². The Morgan fingerprint density at radius 1 is 0.684 bits per heavy atom. The first-order valence-electron chi connectivity index (χ1n) is 10.4. The van der Waals surface area contributed by atoms with Crippen LogP contribution in [0.2, 0.25) is 0 Å². The van der Waals surface area contributed by atoms with E-state index in [0.717, 1.165) is 29.5 Å². The topological polar surface area (TPSA) is 213 Å². The van der Waals surface area contributed by atoms with Gasteiger partial charge in [0.2, 0.25) is 5.13 Å². The van der Waals surface area contributed by atoms with Gasteiger partial charge in [0.15, 0.2) is 0 Å². The van der Waals surface area contributed by atoms with Gasteiger partial charge in [-0.2, -0.15) is 0 Å². The average Bonchev–Trinajstić information content (AvgIpc) is 3.37. The third-order valence-corrected chi connectivity index (χ3v) is 5.83. The SMILES string of the molecule is O=C(Nc1cccc(C(=O)Nc2nnc(-c3ccc([N+](=O)[O-])cc3)s2)c1)c1cc([N+](=O)[O-])cc([N+](=O)[O-])c1. The van der Waals surface area contributed by atoms with Gasteiger partial charge in [-0.3, -0.25) is 45.2 Å². The fourth-order valence-electron chi connectivity index (χ4n) is 3.16. The molecule has 2 amide bonds. The Morgan fingerprint density at radius 2 is 1.29 bits per heavy atom. The number of carbonyl (C=O) groups excluding carboxylic acids is 2. The Morgan fingerprint density at radius 3 is 1.89 bits per heavy atom. The number of amides is 2. The number of aromatic nitrogens is 2. The predicted octanol–water partition coefficient (Wildman–Crippen LogP) is 4.43. The van der Waals surface area contributed by atoms with Gasteiger partial charge in [-0.15, -0.1) is 10.2 Å². The number of anilines is 2. The minimum atomic E-state index is -0.855. The molecule has 0 saturated carbocycles. The maximum absolute atomic E-state index is 12.7. The Hall–Kier alpha value is -5.64. The van der Waals surface area contributed by atoms with E-state index in [1.807, 2.05) is 0 Å². The van der Waals surface area contributed by atoms with Crippen molar-refractivity contribution in [2.75, 3.05) is 10.6 Å². The van der Waals surface area contributed by atoms with Crippen molar-refractivity contribution in [2.24, 2.45) is 0 Å². The lowest BCUT2D eigenvalue weighted by molar-refractivity contribution is -0.394. The smallest absolute Gasteiger partial charge is 0.277 e. The molecule has 38 heavy (non-hydrogen) atoms. The lowest BCUT2D eigenvalue weighted by atomic mass is 10.1. The second-order valence-electron chi connectivity index (χ2n) is 7.46. The van der Waals surface area contributed by atoms with Crippen molar-refractivity contribution in [3.63, 3.8) is 0 Å². The number of hydrogen-bond donors (Lipinski definition) is 2. The third-order valence-electron chi connectivity index (χ3n) is 4.94. The van der Waals surface area contributed by atoms with Crippen molar-refractivity contribution in [2.45, 2.75) is 0 Å². The quantitative estimate of drug-likeness (QED) is 0.239. The average molecular weight is 535 g/mol. The van der Waals surface area contributed by atoms with Crippen molar-refractivity contribution in [3.8, 4) is 10.6 Å². The summed E-state index contributed by atoms with van der Waals surface area (Å²) < 4.78 is 0. The molecular formula is C22H13N7O8S. The van der Waals surface area contributed by atoms with E-state index >= 15 is 0 Å². The van der Waals surface area contributed by atoms with Gasteiger partial charge >= 0.3 is 0 Å². The van der Waals surface area contributed by atoms with Gasteiger partial charge in [0.25, 0.3) is 28.9 Å². The molecule has 0 aliphatic heterocycles. The lowest BCUT2D eigenvalue weighted by Crippen LogP contribution is -2.15. The maximum atomic E-state index is 12.7. The van der Waals surface area contributed by atoms with Crippen LogP contribution in [0, 0.1) is 30.3 Å². The molecule has 1 aromatic heterocycles. The number of benzene rings is 3. The molecule has 2 N–H and O–H groups in total. The van der Waals surface area contributed by atoms with E-state index in [4.69, 9.17) is 0 Å². The second kappa shape index (κ2) is 10.5. The highest BCUT2D eigenvalue weighted by Crippen LogP contribution is 2.28. The minimum absolute atomic E-state index is 0.0810. The Bertz CT molecular complexity index is 1570. The number of non-ortho nitro benzene ring substituents is 3. The van der Waals surface area contributed by atoms with Gasteiger partial charge in [-0.1, -0.05) is 17.4 Å². The first-order chi connectivity index (χ1) is 18.1. The van der Waals surface area contributed by atoms with Crippen LogP contribution in [0.3, 0.4) is 0 Å². The zero-order valence-electron chi connectivity index (χ0n) is 18.8. The number of hydrogen-bond acceptors (Lipinski definition) is 11. The van der Waals surface area contributed by atoms with Crippen LogP contribution >= 0.6 is 11.3 Å². The molecule has 0 spiro atoms. The molecule has 16 heteroatoms. The summed E-state index contributed by atoms with van der Waals surface area (Å²) in [4.78, 5) is 56.1. The number of nitro benzene ring substituents is 3. The number of carbonyl (C=O) groups is 2. The minimum Gasteiger partial charge on any atom is -0.322 e. The summed E-state index contributed by atoms with van der Waals surface area (Å²) in [5, 5.41) is 46.4. The molecule has 1 heterocycles. The molecule has 3 aromatic carbocycles. The van der Waals surface area contributed by atoms with E-state index in [-0.39, 0.29) is 27.6 Å². The van der Waals surface area contributed by atoms with Gasteiger partial charge < -0.3 is 5.32 Å². The summed E-state index contributed by atoms with van der Waals surface area (Å²) >= 11 is 1.04. The largest absolute Gasteiger partial charge is 0.322 e. The van der Waals surface area contributed by atoms with Gasteiger partial charge in [-0.05, 0) is 30.3 Å². The summed E-state index contributed by atoms with van der Waals surface area (Å²) in [6.07, 6.45) is 0. The van der Waals surface area contributed by atoms with Crippen LogP contribution in [-0.4, -0.2) is 36.8 Å². The maximum Gasteiger partial charge on any atom is 0.277 e. The molecule has 190 valence electrons. The van der Waals surface area contributed by atoms with Gasteiger partial charge in [-0.25, -0.2) is 0 Å². The van der Waals surface area contributed by atoms with Crippen LogP contribution in [0.25, 0.3) is 10.6 Å². The summed E-state index contributed by atoms with van der Waals surface area (Å²) in [7, 11) is 0. The zero-order chi connectivity index (χ0) is 27.4. The van der Waals surface area contributed by atoms with Gasteiger partial charge in [0.05, 0.1) is 26.4 Å². The van der Waals surface area contributed by atoms with Crippen molar-refractivity contribution in [1.29, 1.82) is 0 Å². The summed E-state index contributed by atoms with van der Waals surface area (Å²) in [5.41, 5.74) is -0.790. The Kier molecular flexibility index (Phi) is 7.06. The molecule has 0 atom stereocenters. The van der Waals surface area contributed by atoms with E-state index in [1.165, 1.54) is 48.5 Å². The summed E-state index contributed by atoms with van der Waals surface area (Å²) in [6.45, 7) is 0. The van der Waals surface area contributed by atoms with Crippen molar-refractivity contribution >= 4 is 51.0 Å². The van der Waals surface area contributed by atoms with Crippen LogP contribution in [0.5, 0.6) is 0 Å². The van der Waals surface area contributed by atoms with E-state index in [2.05, 4.69) is 20.8 Å². The molecule has 0 fully saturated rings. The highest BCUT2D eigenvalue weighted by molar-refractivity contribution is 7.18. The van der Waals surface area contributed by atoms with Crippen molar-refractivity contribution < 1.29 is 24.4 Å². The predicted molar refractivity (Wildman–Crippen MR) is 134 cm³/mol. The number of nitrogens with zero attached hydrogens (tertiary/aromatic N) is 5. The molecule has 0 unspecified atom stereocenters. The normalized spacial score (nSPS) is 10.4. The van der Waals surface area contributed by atoms with Gasteiger partial charge in [0, 0.05) is 41.1 Å². The Balaban J connectivity index is 1.47. The monoisotopic (exact) mass is 535 g/mol. The first-order valence-corrected chi connectivity index (χ1v) is 11.2. The molecular weight excluding hydrogens is 522 g/mol. The fraction of sp³-hybridized carbons (Fsp3) is 0. The van der Waals surface area contributed by atoms with Crippen LogP contribution in [-0.2, 0) is 0 Å². The van der Waals surface area contributed by atoms with E-state index in [0.29, 0.717) is 10.6 Å². The molecule has 15 nitrogen and oxygen atoms in total. The fourth-order valence-corrected chi connectivity index (χ4v) is 3.91. The van der Waals surface area contributed by atoms with E-state index < -0.39 is 38.0 Å². The van der Waals surface area contributed by atoms with E-state index in [1.54, 1.807) is 0 Å². The summed E-state index contributed by atoms with van der Waals surface area (Å²) in [6, 6.07) is 13.9. The standard InChI is InChI=1S/C22H13N7O8S/c30-19(24-22-26-25-21(38-22)12-4-6-16(7-5-12)27(32)33)13-2-1-3-15(8-13)23-20(31)14-9-17(28(34)35)11-18(10-14)29(36)37/h1-11H,(H,23,31)(H,24,26,30). The van der Waals surface area contributed by atoms with Crippen LogP contribution in [0.4, 0.5) is 27.9 Å². The number of nitro groups is 3. The zero-order valence-corrected chi connectivity index (χ0v) is 19.6. The number of rotatable bonds is 8. The first kappa shape index (κ1) is 25.5. The lowest BCUT2D eigenvalue weighted by Gasteiger charge is -2.07. The molecule has 4 rings (SSSR count). The second-order valence-corrected chi connectivity index (χ2v) is 8.44. The molecule has 0 bridgehead atoms. The third kappa shape index (κ3) is 5.77. The Labute approximate surface area is 215 Å². The number of nitrogens with one attached hydrogen (secondary N) is 2. The molecule has 0 aliphatic carbocycles. The van der Waals surface area contributed by atoms with Crippen molar-refractivity contribution in [3.05, 3.63) is 108 Å². The molecule has 0 saturated heterocycles. The van der Waals surface area contributed by atoms with Crippen LogP contribution < -0.4 is 10.6 Å². The molecule has 4 aromatic rings. The van der Waals surface area contributed by atoms with Crippen molar-refractivity contribution in [1.82, 2.24) is 10.2 Å². The van der Waals surface area contributed by atoms with Crippen LogP contribution in [0.15, 0.2) is 66.7 Å².